The topological polar surface area (TPSA) is 74.2 Å². The van der Waals surface area contributed by atoms with E-state index >= 15 is 0 Å². The van der Waals surface area contributed by atoms with Crippen molar-refractivity contribution in [2.24, 2.45) is 4.99 Å². The van der Waals surface area contributed by atoms with Gasteiger partial charge in [-0.15, -0.1) is 10.5 Å². The molecule has 2 atom stereocenters. The number of ether oxygens (including phenoxy) is 1. The second-order valence-corrected chi connectivity index (χ2v) is 11.4. The first-order chi connectivity index (χ1) is 18.9. The molecule has 6 nitrogen and oxygen atoms in total. The fraction of sp³-hybridized carbons (Fsp3) is 0.167. The van der Waals surface area contributed by atoms with Gasteiger partial charge in [-0.25, -0.2) is 9.38 Å². The van der Waals surface area contributed by atoms with Gasteiger partial charge in [0.15, 0.2) is 0 Å². The highest BCUT2D eigenvalue weighted by Gasteiger charge is 2.31. The van der Waals surface area contributed by atoms with Gasteiger partial charge in [0.05, 0.1) is 16.3 Å². The van der Waals surface area contributed by atoms with Gasteiger partial charge in [-0.1, -0.05) is 61.0 Å². The molecule has 0 saturated heterocycles. The number of aliphatic carboxylic acids is 1. The van der Waals surface area contributed by atoms with Crippen LogP contribution in [-0.4, -0.2) is 32.6 Å². The molecule has 0 fully saturated rings. The number of carboxylic acid groups (broad SMARTS) is 1. The van der Waals surface area contributed by atoms with Crippen LogP contribution in [0, 0.1) is 5.82 Å². The molecular weight excluding hydrogens is 537 g/mol. The second-order valence-electron chi connectivity index (χ2n) is 9.02. The lowest BCUT2D eigenvalue weighted by molar-refractivity contribution is -0.136. The van der Waals surface area contributed by atoms with Crippen LogP contribution < -0.4 is 10.1 Å². The van der Waals surface area contributed by atoms with Crippen molar-refractivity contribution in [2.75, 3.05) is 5.32 Å². The van der Waals surface area contributed by atoms with Crippen LogP contribution >= 0.6 is 22.1 Å². The monoisotopic (exact) mass is 563 g/mol. The number of carboxylic acids is 1. The Morgan fingerprint density at radius 2 is 1.92 bits per heavy atom. The van der Waals surface area contributed by atoms with Crippen molar-refractivity contribution in [3.05, 3.63) is 118 Å². The molecule has 2 aliphatic heterocycles. The van der Waals surface area contributed by atoms with Crippen molar-refractivity contribution < 1.29 is 19.0 Å². The van der Waals surface area contributed by atoms with Crippen molar-refractivity contribution in [1.29, 1.82) is 0 Å². The van der Waals surface area contributed by atoms with Gasteiger partial charge >= 0.3 is 5.97 Å². The van der Waals surface area contributed by atoms with E-state index in [1.807, 2.05) is 59.7 Å². The summed E-state index contributed by atoms with van der Waals surface area (Å²) in [5.74, 6) is -0.0332. The first kappa shape index (κ1) is 26.7. The molecule has 0 spiro atoms. The highest BCUT2D eigenvalue weighted by Crippen LogP contribution is 2.40. The van der Waals surface area contributed by atoms with E-state index < -0.39 is 21.7 Å². The smallest absolute Gasteiger partial charge is 0.316 e. The van der Waals surface area contributed by atoms with E-state index in [1.165, 1.54) is 12.1 Å². The number of carbonyl (C=O) groups is 1. The Balaban J connectivity index is 1.40. The summed E-state index contributed by atoms with van der Waals surface area (Å²) in [5.41, 5.74) is 3.37. The Labute approximate surface area is 234 Å². The number of hydrogen-bond donors (Lipinski definition) is 2. The van der Waals surface area contributed by atoms with Crippen LogP contribution in [-0.2, 0) is 17.9 Å². The number of hydrogen-bond acceptors (Lipinski definition) is 5. The lowest BCUT2D eigenvalue weighted by Crippen LogP contribution is -2.35. The molecule has 0 amide bonds. The Hall–Kier alpha value is -3.88. The molecular formula is C30H27ClFN3O3S. The van der Waals surface area contributed by atoms with Crippen LogP contribution in [0.1, 0.15) is 24.5 Å². The Kier molecular flexibility index (Phi) is 8.14. The quantitative estimate of drug-likeness (QED) is 0.259. The summed E-state index contributed by atoms with van der Waals surface area (Å²) in [7, 11) is -0.624. The number of anilines is 1. The van der Waals surface area contributed by atoms with E-state index in [9.17, 15) is 14.3 Å². The largest absolute Gasteiger partial charge is 0.487 e. The molecule has 3 aromatic rings. The van der Waals surface area contributed by atoms with Gasteiger partial charge in [0.25, 0.3) is 0 Å². The van der Waals surface area contributed by atoms with Crippen molar-refractivity contribution in [3.8, 4) is 5.75 Å². The summed E-state index contributed by atoms with van der Waals surface area (Å²) in [6, 6.07) is 21.6. The standard InChI is InChI=1S/C30H27ClFN3O3S/c1-2-27(30(36)37)39-14-13-24-28(33-19-35(29(24)39)17-20-7-4-3-5-8-20)34-23-11-12-26(25(31)16-23)38-18-21-9-6-10-22(32)15-21/h3-16,19,27,34H,2,17-18H2,1H3,(H,36,37). The van der Waals surface area contributed by atoms with E-state index in [2.05, 4.69) is 5.32 Å². The van der Waals surface area contributed by atoms with Crippen LogP contribution in [0.4, 0.5) is 10.1 Å². The molecule has 9 heteroatoms. The molecule has 2 N–H and O–H groups in total. The van der Waals surface area contributed by atoms with Gasteiger partial charge in [-0.05, 0) is 59.4 Å². The molecule has 2 unspecified atom stereocenters. The number of nitrogens with one attached hydrogen (secondary N) is 1. The predicted octanol–water partition coefficient (Wildman–Crippen LogP) is 7.02. The van der Waals surface area contributed by atoms with Crippen molar-refractivity contribution in [1.82, 2.24) is 4.90 Å². The summed E-state index contributed by atoms with van der Waals surface area (Å²) in [6.07, 6.45) is 4.23. The minimum absolute atomic E-state index is 0.189. The summed E-state index contributed by atoms with van der Waals surface area (Å²) in [4.78, 5) is 19.8. The van der Waals surface area contributed by atoms with Crippen LogP contribution in [0.15, 0.2) is 101 Å². The summed E-state index contributed by atoms with van der Waals surface area (Å²) in [5, 5.41) is 15.1. The Morgan fingerprint density at radius 1 is 1.13 bits per heavy atom. The van der Waals surface area contributed by atoms with Crippen molar-refractivity contribution in [2.45, 2.75) is 31.7 Å². The fourth-order valence-corrected chi connectivity index (χ4v) is 6.91. The third-order valence-corrected chi connectivity index (χ3v) is 9.08. The number of rotatable bonds is 10. The number of nitrogens with zero attached hydrogens (tertiary/aromatic N) is 2. The van der Waals surface area contributed by atoms with Crippen LogP contribution in [0.2, 0.25) is 5.02 Å². The third kappa shape index (κ3) is 6.08. The summed E-state index contributed by atoms with van der Waals surface area (Å²) in [6.45, 7) is 2.68. The van der Waals surface area contributed by atoms with Gasteiger partial charge in [0, 0.05) is 17.8 Å². The van der Waals surface area contributed by atoms with Gasteiger partial charge in [-0.3, -0.25) is 4.79 Å². The molecule has 39 heavy (non-hydrogen) atoms. The maximum atomic E-state index is 13.5. The number of benzene rings is 3. The minimum Gasteiger partial charge on any atom is -0.487 e. The van der Waals surface area contributed by atoms with Crippen molar-refractivity contribution in [3.63, 3.8) is 0 Å². The van der Waals surface area contributed by atoms with E-state index in [-0.39, 0.29) is 12.4 Å². The SMILES string of the molecule is CCC(C(=O)O)S1=C2C(=C(Nc3ccc(OCc4cccc(F)c4)c(Cl)c3)N=CN2Cc2ccccc2)C=C1. The van der Waals surface area contributed by atoms with Gasteiger partial charge in [-0.2, -0.15) is 0 Å². The maximum absolute atomic E-state index is 13.5. The predicted molar refractivity (Wildman–Crippen MR) is 157 cm³/mol. The summed E-state index contributed by atoms with van der Waals surface area (Å²) < 4.78 is 19.3. The normalized spacial score (nSPS) is 16.8. The molecule has 5 rings (SSSR count). The van der Waals surface area contributed by atoms with Crippen LogP contribution in [0.25, 0.3) is 0 Å². The first-order valence-electron chi connectivity index (χ1n) is 12.5. The molecule has 0 radical (unpaired) electrons. The Bertz CT molecular complexity index is 1520. The van der Waals surface area contributed by atoms with E-state index in [1.54, 1.807) is 30.6 Å². The Morgan fingerprint density at radius 3 is 2.64 bits per heavy atom. The molecule has 3 aromatic carbocycles. The van der Waals surface area contributed by atoms with Gasteiger partial charge < -0.3 is 20.1 Å². The van der Waals surface area contributed by atoms with Crippen LogP contribution in [0.5, 0.6) is 5.75 Å². The highest BCUT2D eigenvalue weighted by molar-refractivity contribution is 8.20. The first-order valence-corrected chi connectivity index (χ1v) is 14.2. The molecule has 0 saturated carbocycles. The number of fused-ring (bicyclic) bond motifs is 1. The summed E-state index contributed by atoms with van der Waals surface area (Å²) >= 11 is 6.50. The molecule has 0 aliphatic carbocycles. The van der Waals surface area contributed by atoms with Gasteiger partial charge in [0.1, 0.15) is 29.2 Å². The van der Waals surface area contributed by atoms with E-state index in [0.717, 1.165) is 16.1 Å². The van der Waals surface area contributed by atoms with Crippen molar-refractivity contribution >= 4 is 45.1 Å². The average Bonchev–Trinajstić information content (AvgIpc) is 3.36. The maximum Gasteiger partial charge on any atom is 0.316 e. The number of aliphatic imine (C=N–C) groups is 1. The zero-order chi connectivity index (χ0) is 27.4. The third-order valence-electron chi connectivity index (χ3n) is 6.30. The molecule has 0 bridgehead atoms. The average molecular weight is 564 g/mol. The zero-order valence-corrected chi connectivity index (χ0v) is 22.8. The zero-order valence-electron chi connectivity index (χ0n) is 21.2. The number of halogens is 2. The fourth-order valence-electron chi connectivity index (χ4n) is 4.43. The van der Waals surface area contributed by atoms with E-state index in [4.69, 9.17) is 21.3 Å². The minimum atomic E-state index is -0.809. The molecule has 2 aliphatic rings. The van der Waals surface area contributed by atoms with Gasteiger partial charge in [0.2, 0.25) is 0 Å². The van der Waals surface area contributed by atoms with E-state index in [0.29, 0.717) is 40.8 Å². The second kappa shape index (κ2) is 11.9. The lowest BCUT2D eigenvalue weighted by Gasteiger charge is -2.29. The molecule has 0 aromatic heterocycles. The molecule has 2 heterocycles. The van der Waals surface area contributed by atoms with Crippen LogP contribution in [0.3, 0.4) is 0 Å². The molecule has 200 valence electrons. The highest BCUT2D eigenvalue weighted by atomic mass is 35.5. The lowest BCUT2D eigenvalue weighted by atomic mass is 10.1.